The van der Waals surface area contributed by atoms with Crippen molar-refractivity contribution in [3.8, 4) is 11.5 Å². The van der Waals surface area contributed by atoms with Gasteiger partial charge in [0.15, 0.2) is 0 Å². The summed E-state index contributed by atoms with van der Waals surface area (Å²) in [7, 11) is 0. The van der Waals surface area contributed by atoms with Crippen LogP contribution in [0, 0.1) is 5.41 Å². The largest absolute Gasteiger partial charge is 0.489 e. The molecule has 0 aliphatic carbocycles. The van der Waals surface area contributed by atoms with E-state index in [4.69, 9.17) is 20.0 Å². The van der Waals surface area contributed by atoms with E-state index < -0.39 is 5.97 Å². The van der Waals surface area contributed by atoms with Crippen LogP contribution in [0.4, 0.5) is 0 Å². The highest BCUT2D eigenvalue weighted by atomic mass is 16.5. The first kappa shape index (κ1) is 20.1. The van der Waals surface area contributed by atoms with E-state index in [0.29, 0.717) is 24.5 Å². The molecule has 5 nitrogen and oxygen atoms in total. The molecule has 0 heterocycles. The highest BCUT2D eigenvalue weighted by Crippen LogP contribution is 2.17. The second-order valence-electron chi connectivity index (χ2n) is 6.60. The van der Waals surface area contributed by atoms with E-state index in [1.165, 1.54) is 0 Å². The van der Waals surface area contributed by atoms with Crippen molar-refractivity contribution in [3.05, 3.63) is 95.6 Å². The number of benzene rings is 3. The number of ether oxygens (including phenoxy) is 2. The molecule has 3 aromatic rings. The summed E-state index contributed by atoms with van der Waals surface area (Å²) in [6.45, 7) is 0.642. The Labute approximate surface area is 170 Å². The van der Waals surface area contributed by atoms with Crippen LogP contribution in [0.3, 0.4) is 0 Å². The monoisotopic (exact) mass is 389 g/mol. The summed E-state index contributed by atoms with van der Waals surface area (Å²) in [6.07, 6.45) is 0.637. The molecule has 0 amide bonds. The van der Waals surface area contributed by atoms with Gasteiger partial charge in [0.05, 0.1) is 5.71 Å². The number of aryl methyl sites for hydroxylation is 1. The Bertz CT molecular complexity index is 935. The van der Waals surface area contributed by atoms with Gasteiger partial charge in [0.2, 0.25) is 0 Å². The van der Waals surface area contributed by atoms with E-state index in [2.05, 4.69) is 0 Å². The number of hydrogen-bond donors (Lipinski definition) is 2. The van der Waals surface area contributed by atoms with Gasteiger partial charge in [-0.1, -0.05) is 54.6 Å². The fraction of sp³-hybridized carbons (Fsp3) is 0.167. The molecule has 3 aromatic carbocycles. The number of rotatable bonds is 10. The molecule has 0 atom stereocenters. The minimum absolute atomic E-state index is 0.124. The standard InChI is InChI=1S/C24H23NO4/c25-23(20-4-2-1-3-5-20)17-29-22-13-8-19(9-14-22)16-28-21-11-6-18(7-12-21)10-15-24(26)27/h1-9,11-14,25H,10,15-17H2,(H,26,27). The molecule has 0 aliphatic heterocycles. The van der Waals surface area contributed by atoms with Crippen LogP contribution in [-0.4, -0.2) is 23.4 Å². The lowest BCUT2D eigenvalue weighted by Gasteiger charge is -2.10. The van der Waals surface area contributed by atoms with Crippen LogP contribution in [0.15, 0.2) is 78.9 Å². The third-order valence-electron chi connectivity index (χ3n) is 4.39. The molecule has 0 radical (unpaired) electrons. The fourth-order valence-corrected chi connectivity index (χ4v) is 2.73. The minimum Gasteiger partial charge on any atom is -0.489 e. The van der Waals surface area contributed by atoms with Crippen LogP contribution in [-0.2, 0) is 17.8 Å². The number of nitrogens with one attached hydrogen (secondary N) is 1. The SMILES string of the molecule is N=C(COc1ccc(COc2ccc(CCC(=O)O)cc2)cc1)c1ccccc1. The first-order valence-corrected chi connectivity index (χ1v) is 9.38. The second-order valence-corrected chi connectivity index (χ2v) is 6.60. The van der Waals surface area contributed by atoms with Gasteiger partial charge >= 0.3 is 5.97 Å². The second kappa shape index (κ2) is 10.1. The highest BCUT2D eigenvalue weighted by molar-refractivity contribution is 5.99. The van der Waals surface area contributed by atoms with Gasteiger partial charge in [-0.25, -0.2) is 0 Å². The maximum Gasteiger partial charge on any atom is 0.303 e. The molecule has 2 N–H and O–H groups in total. The van der Waals surface area contributed by atoms with Gasteiger partial charge in [-0.3, -0.25) is 4.79 Å². The molecular weight excluding hydrogens is 366 g/mol. The van der Waals surface area contributed by atoms with Gasteiger partial charge in [-0.15, -0.1) is 0 Å². The summed E-state index contributed by atoms with van der Waals surface area (Å²) < 4.78 is 11.5. The average Bonchev–Trinajstić information content (AvgIpc) is 2.76. The fourth-order valence-electron chi connectivity index (χ4n) is 2.73. The Morgan fingerprint density at radius 3 is 2.00 bits per heavy atom. The molecule has 0 spiro atoms. The van der Waals surface area contributed by atoms with Crippen molar-refractivity contribution in [3.63, 3.8) is 0 Å². The third kappa shape index (κ3) is 6.50. The van der Waals surface area contributed by atoms with Crippen molar-refractivity contribution >= 4 is 11.7 Å². The van der Waals surface area contributed by atoms with E-state index in [1.54, 1.807) is 0 Å². The summed E-state index contributed by atoms with van der Waals surface area (Å²) in [5.41, 5.74) is 3.27. The lowest BCUT2D eigenvalue weighted by Crippen LogP contribution is -2.11. The molecule has 0 fully saturated rings. The Kier molecular flexibility index (Phi) is 7.00. The van der Waals surface area contributed by atoms with Crippen molar-refractivity contribution in [2.75, 3.05) is 6.61 Å². The molecule has 148 valence electrons. The Hall–Kier alpha value is -3.60. The van der Waals surface area contributed by atoms with Crippen molar-refractivity contribution in [2.24, 2.45) is 0 Å². The molecule has 29 heavy (non-hydrogen) atoms. The predicted octanol–water partition coefficient (Wildman–Crippen LogP) is 4.73. The van der Waals surface area contributed by atoms with Gasteiger partial charge in [-0.05, 0) is 47.4 Å². The molecule has 0 unspecified atom stereocenters. The molecule has 0 saturated carbocycles. The van der Waals surface area contributed by atoms with Crippen LogP contribution < -0.4 is 9.47 Å². The van der Waals surface area contributed by atoms with Gasteiger partial charge in [-0.2, -0.15) is 0 Å². The lowest BCUT2D eigenvalue weighted by molar-refractivity contribution is -0.136. The number of carboxylic acid groups (broad SMARTS) is 1. The zero-order valence-corrected chi connectivity index (χ0v) is 16.0. The normalized spacial score (nSPS) is 10.3. The molecule has 0 bridgehead atoms. The summed E-state index contributed by atoms with van der Waals surface area (Å²) >= 11 is 0. The van der Waals surface area contributed by atoms with Crippen molar-refractivity contribution in [1.29, 1.82) is 5.41 Å². The molecule has 0 aliphatic rings. The Morgan fingerprint density at radius 1 is 0.793 bits per heavy atom. The Balaban J connectivity index is 1.45. The van der Waals surface area contributed by atoms with E-state index >= 15 is 0 Å². The zero-order chi connectivity index (χ0) is 20.5. The molecule has 0 aromatic heterocycles. The summed E-state index contributed by atoms with van der Waals surface area (Å²) in [5, 5.41) is 16.8. The lowest BCUT2D eigenvalue weighted by atomic mass is 10.1. The van der Waals surface area contributed by atoms with Gasteiger partial charge in [0.1, 0.15) is 24.7 Å². The molecule has 5 heteroatoms. The summed E-state index contributed by atoms with van der Waals surface area (Å²) in [5.74, 6) is 0.646. The van der Waals surface area contributed by atoms with E-state index in [0.717, 1.165) is 22.4 Å². The molecular formula is C24H23NO4. The maximum atomic E-state index is 10.6. The first-order chi connectivity index (χ1) is 14.1. The average molecular weight is 389 g/mol. The van der Waals surface area contributed by atoms with Gasteiger partial charge < -0.3 is 20.0 Å². The maximum absolute atomic E-state index is 10.6. The number of hydrogen-bond acceptors (Lipinski definition) is 4. The van der Waals surface area contributed by atoms with Gasteiger partial charge in [0.25, 0.3) is 0 Å². The quantitative estimate of drug-likeness (QED) is 0.491. The number of carbonyl (C=O) groups is 1. The molecule has 0 saturated heterocycles. The number of carboxylic acids is 1. The minimum atomic E-state index is -0.797. The smallest absolute Gasteiger partial charge is 0.303 e. The molecule has 3 rings (SSSR count). The van der Waals surface area contributed by atoms with Crippen LogP contribution >= 0.6 is 0 Å². The third-order valence-corrected chi connectivity index (χ3v) is 4.39. The summed E-state index contributed by atoms with van der Waals surface area (Å²) in [6, 6.07) is 24.6. The van der Waals surface area contributed by atoms with Crippen LogP contribution in [0.5, 0.6) is 11.5 Å². The summed E-state index contributed by atoms with van der Waals surface area (Å²) in [4.78, 5) is 10.6. The van der Waals surface area contributed by atoms with Crippen LogP contribution in [0.1, 0.15) is 23.1 Å². The van der Waals surface area contributed by atoms with Gasteiger partial charge in [0, 0.05) is 6.42 Å². The number of aliphatic carboxylic acids is 1. The van der Waals surface area contributed by atoms with Crippen molar-refractivity contribution in [2.45, 2.75) is 19.4 Å². The van der Waals surface area contributed by atoms with E-state index in [1.807, 2.05) is 78.9 Å². The van der Waals surface area contributed by atoms with Crippen molar-refractivity contribution < 1.29 is 19.4 Å². The highest BCUT2D eigenvalue weighted by Gasteiger charge is 2.03. The topological polar surface area (TPSA) is 79.6 Å². The zero-order valence-electron chi connectivity index (χ0n) is 16.0. The first-order valence-electron chi connectivity index (χ1n) is 9.38. The van der Waals surface area contributed by atoms with Crippen LogP contribution in [0.2, 0.25) is 0 Å². The van der Waals surface area contributed by atoms with Crippen molar-refractivity contribution in [1.82, 2.24) is 0 Å². The Morgan fingerprint density at radius 2 is 1.38 bits per heavy atom. The van der Waals surface area contributed by atoms with E-state index in [-0.39, 0.29) is 13.0 Å². The predicted molar refractivity (Wildman–Crippen MR) is 112 cm³/mol. The van der Waals surface area contributed by atoms with E-state index in [9.17, 15) is 4.79 Å². The van der Waals surface area contributed by atoms with Crippen LogP contribution in [0.25, 0.3) is 0 Å².